The lowest BCUT2D eigenvalue weighted by Crippen LogP contribution is -2.37. The van der Waals surface area contributed by atoms with Crippen LogP contribution < -0.4 is 16.2 Å². The van der Waals surface area contributed by atoms with Crippen molar-refractivity contribution in [3.05, 3.63) is 29.8 Å². The summed E-state index contributed by atoms with van der Waals surface area (Å²) in [7, 11) is 0. The van der Waals surface area contributed by atoms with Gasteiger partial charge in [0, 0.05) is 6.42 Å². The molecule has 1 aromatic rings. The van der Waals surface area contributed by atoms with Gasteiger partial charge >= 0.3 is 0 Å². The van der Waals surface area contributed by atoms with E-state index in [2.05, 4.69) is 0 Å². The average Bonchev–Trinajstić information content (AvgIpc) is 2.20. The second kappa shape index (κ2) is 5.36. The molecule has 82 valence electrons. The molecule has 1 atom stereocenters. The Labute approximate surface area is 89.2 Å². The number of hydrogen-bond donors (Lipinski definition) is 2. The van der Waals surface area contributed by atoms with Crippen LogP contribution in [0.1, 0.15) is 12.0 Å². The minimum absolute atomic E-state index is 0.396. The Hall–Kier alpha value is -1.55. The SMILES string of the molecule is Cc1ccc(OCCC(N)C(N)=O)cc1. The van der Waals surface area contributed by atoms with Gasteiger partial charge in [0.25, 0.3) is 0 Å². The minimum atomic E-state index is -0.629. The van der Waals surface area contributed by atoms with Gasteiger partial charge < -0.3 is 16.2 Å². The Morgan fingerprint density at radius 1 is 1.40 bits per heavy atom. The van der Waals surface area contributed by atoms with E-state index in [4.69, 9.17) is 16.2 Å². The molecule has 0 saturated heterocycles. The Kier molecular flexibility index (Phi) is 4.12. The van der Waals surface area contributed by atoms with Gasteiger partial charge in [0.05, 0.1) is 12.6 Å². The fourth-order valence-corrected chi connectivity index (χ4v) is 1.08. The molecule has 0 aliphatic heterocycles. The zero-order chi connectivity index (χ0) is 11.3. The summed E-state index contributed by atoms with van der Waals surface area (Å²) in [4.78, 5) is 10.6. The maximum Gasteiger partial charge on any atom is 0.234 e. The van der Waals surface area contributed by atoms with Crippen LogP contribution in [0.5, 0.6) is 5.75 Å². The molecule has 0 heterocycles. The van der Waals surface area contributed by atoms with Crippen LogP contribution in [-0.4, -0.2) is 18.6 Å². The Bertz CT molecular complexity index is 322. The first-order chi connectivity index (χ1) is 7.09. The summed E-state index contributed by atoms with van der Waals surface area (Å²) in [6.45, 7) is 2.40. The minimum Gasteiger partial charge on any atom is -0.494 e. The van der Waals surface area contributed by atoms with Gasteiger partial charge in [0.15, 0.2) is 0 Å². The van der Waals surface area contributed by atoms with Crippen LogP contribution in [0.2, 0.25) is 0 Å². The molecular formula is C11H16N2O2. The van der Waals surface area contributed by atoms with Crippen LogP contribution in [0.25, 0.3) is 0 Å². The quantitative estimate of drug-likeness (QED) is 0.742. The molecule has 4 heteroatoms. The van der Waals surface area contributed by atoms with Crippen molar-refractivity contribution < 1.29 is 9.53 Å². The second-order valence-electron chi connectivity index (χ2n) is 3.46. The molecule has 4 nitrogen and oxygen atoms in total. The smallest absolute Gasteiger partial charge is 0.234 e. The zero-order valence-corrected chi connectivity index (χ0v) is 8.77. The van der Waals surface area contributed by atoms with Gasteiger partial charge in [-0.2, -0.15) is 0 Å². The van der Waals surface area contributed by atoms with Gasteiger partial charge in [-0.1, -0.05) is 17.7 Å². The lowest BCUT2D eigenvalue weighted by Gasteiger charge is -2.09. The summed E-state index contributed by atoms with van der Waals surface area (Å²) in [5, 5.41) is 0. The molecule has 0 bridgehead atoms. The molecule has 0 aliphatic rings. The number of amides is 1. The average molecular weight is 208 g/mol. The van der Waals surface area contributed by atoms with Crippen molar-refractivity contribution in [3.8, 4) is 5.75 Å². The molecule has 0 aliphatic carbocycles. The molecule has 15 heavy (non-hydrogen) atoms. The van der Waals surface area contributed by atoms with Gasteiger partial charge in [-0.05, 0) is 19.1 Å². The van der Waals surface area contributed by atoms with Crippen molar-refractivity contribution in [3.63, 3.8) is 0 Å². The first-order valence-corrected chi connectivity index (χ1v) is 4.84. The highest BCUT2D eigenvalue weighted by molar-refractivity contribution is 5.79. The summed E-state index contributed by atoms with van der Waals surface area (Å²) in [6.07, 6.45) is 0.434. The van der Waals surface area contributed by atoms with Crippen LogP contribution in [-0.2, 0) is 4.79 Å². The zero-order valence-electron chi connectivity index (χ0n) is 8.77. The normalized spacial score (nSPS) is 12.1. The third-order valence-electron chi connectivity index (χ3n) is 2.08. The van der Waals surface area contributed by atoms with E-state index in [1.807, 2.05) is 31.2 Å². The third-order valence-corrected chi connectivity index (χ3v) is 2.08. The van der Waals surface area contributed by atoms with E-state index in [9.17, 15) is 4.79 Å². The molecule has 0 radical (unpaired) electrons. The van der Waals surface area contributed by atoms with Crippen molar-refractivity contribution in [1.29, 1.82) is 0 Å². The van der Waals surface area contributed by atoms with Gasteiger partial charge in [-0.3, -0.25) is 4.79 Å². The number of aryl methyl sites for hydroxylation is 1. The van der Waals surface area contributed by atoms with Gasteiger partial charge in [-0.15, -0.1) is 0 Å². The van der Waals surface area contributed by atoms with Gasteiger partial charge in [0.1, 0.15) is 5.75 Å². The van der Waals surface area contributed by atoms with Crippen molar-refractivity contribution in [1.82, 2.24) is 0 Å². The maximum atomic E-state index is 10.6. The summed E-state index contributed by atoms with van der Waals surface area (Å²) >= 11 is 0. The summed E-state index contributed by atoms with van der Waals surface area (Å²) in [5.74, 6) is 0.278. The van der Waals surface area contributed by atoms with Crippen molar-refractivity contribution in [2.45, 2.75) is 19.4 Å². The number of hydrogen-bond acceptors (Lipinski definition) is 3. The fourth-order valence-electron chi connectivity index (χ4n) is 1.08. The van der Waals surface area contributed by atoms with Gasteiger partial charge in [0.2, 0.25) is 5.91 Å². The van der Waals surface area contributed by atoms with Crippen molar-refractivity contribution >= 4 is 5.91 Å². The highest BCUT2D eigenvalue weighted by atomic mass is 16.5. The molecule has 0 saturated carbocycles. The maximum absolute atomic E-state index is 10.6. The Morgan fingerprint density at radius 2 is 2.00 bits per heavy atom. The third kappa shape index (κ3) is 3.99. The first kappa shape index (κ1) is 11.5. The molecule has 1 amide bonds. The van der Waals surface area contributed by atoms with E-state index in [1.54, 1.807) is 0 Å². The van der Waals surface area contributed by atoms with Crippen molar-refractivity contribution in [2.24, 2.45) is 11.5 Å². The number of ether oxygens (including phenoxy) is 1. The summed E-state index contributed by atoms with van der Waals surface area (Å²) in [6, 6.07) is 7.05. The fraction of sp³-hybridized carbons (Fsp3) is 0.364. The number of primary amides is 1. The highest BCUT2D eigenvalue weighted by Gasteiger charge is 2.08. The monoisotopic (exact) mass is 208 g/mol. The number of carbonyl (C=O) groups is 1. The van der Waals surface area contributed by atoms with Crippen LogP contribution in [0, 0.1) is 6.92 Å². The van der Waals surface area contributed by atoms with E-state index in [0.29, 0.717) is 13.0 Å². The summed E-state index contributed by atoms with van der Waals surface area (Å²) in [5.41, 5.74) is 11.6. The Balaban J connectivity index is 2.32. The highest BCUT2D eigenvalue weighted by Crippen LogP contribution is 2.11. The Morgan fingerprint density at radius 3 is 2.53 bits per heavy atom. The predicted octanol–water partition coefficient (Wildman–Crippen LogP) is 0.577. The largest absolute Gasteiger partial charge is 0.494 e. The lowest BCUT2D eigenvalue weighted by atomic mass is 10.2. The molecule has 4 N–H and O–H groups in total. The number of carbonyl (C=O) groups excluding carboxylic acids is 1. The van der Waals surface area contributed by atoms with Crippen LogP contribution in [0.3, 0.4) is 0 Å². The van der Waals surface area contributed by atoms with E-state index >= 15 is 0 Å². The standard InChI is InChI=1S/C11H16N2O2/c1-8-2-4-9(5-3-8)15-7-6-10(12)11(13)14/h2-5,10H,6-7,12H2,1H3,(H2,13,14). The number of rotatable bonds is 5. The molecule has 0 fully saturated rings. The van der Waals surface area contributed by atoms with E-state index in [1.165, 1.54) is 5.56 Å². The van der Waals surface area contributed by atoms with E-state index in [-0.39, 0.29) is 0 Å². The first-order valence-electron chi connectivity index (χ1n) is 4.84. The van der Waals surface area contributed by atoms with Crippen molar-refractivity contribution in [2.75, 3.05) is 6.61 Å². The number of benzene rings is 1. The molecule has 0 spiro atoms. The lowest BCUT2D eigenvalue weighted by molar-refractivity contribution is -0.119. The van der Waals surface area contributed by atoms with Gasteiger partial charge in [-0.25, -0.2) is 0 Å². The number of nitrogens with two attached hydrogens (primary N) is 2. The molecule has 1 rings (SSSR count). The van der Waals surface area contributed by atoms with Crippen LogP contribution in [0.15, 0.2) is 24.3 Å². The molecular weight excluding hydrogens is 192 g/mol. The molecule has 1 aromatic carbocycles. The predicted molar refractivity (Wildman–Crippen MR) is 58.5 cm³/mol. The molecule has 1 unspecified atom stereocenters. The summed E-state index contributed by atoms with van der Waals surface area (Å²) < 4.78 is 5.39. The van der Waals surface area contributed by atoms with Crippen LogP contribution in [0.4, 0.5) is 0 Å². The van der Waals surface area contributed by atoms with Crippen LogP contribution >= 0.6 is 0 Å². The van der Waals surface area contributed by atoms with E-state index < -0.39 is 11.9 Å². The molecule has 0 aromatic heterocycles. The topological polar surface area (TPSA) is 78.3 Å². The second-order valence-corrected chi connectivity index (χ2v) is 3.46. The van der Waals surface area contributed by atoms with E-state index in [0.717, 1.165) is 5.75 Å².